The number of carbonyl (C=O) groups is 3. The molecule has 2 aromatic rings. The molecule has 2 aromatic carbocycles. The zero-order chi connectivity index (χ0) is 21.9. The Hall–Kier alpha value is -3.20. The Morgan fingerprint density at radius 1 is 1.23 bits per heavy atom. The Morgan fingerprint density at radius 3 is 2.53 bits per heavy atom. The van der Waals surface area contributed by atoms with E-state index in [1.807, 2.05) is 0 Å². The van der Waals surface area contributed by atoms with Gasteiger partial charge in [-0.05, 0) is 30.2 Å². The zero-order valence-electron chi connectivity index (χ0n) is 15.8. The first-order chi connectivity index (χ1) is 14.3. The third-order valence-electron chi connectivity index (χ3n) is 4.71. The van der Waals surface area contributed by atoms with Crippen LogP contribution in [0.15, 0.2) is 48.5 Å². The maximum atomic E-state index is 13.0. The lowest BCUT2D eigenvalue weighted by molar-refractivity contribution is -0.134. The minimum Gasteiger partial charge on any atom is -0.433 e. The standard InChI is InChI=1S/C20H18ClF2N3O4/c1-2-20(12-6-4-3-5-7-12)17(28)26(19(29)25-20)11-16(27)24-13-8-9-15(14(21)10-13)30-18(22)23/h3-10,18H,2,11H2,1H3,(H,24,27)(H,25,29). The number of alkyl halides is 2. The van der Waals surface area contributed by atoms with Gasteiger partial charge < -0.3 is 15.4 Å². The van der Waals surface area contributed by atoms with Gasteiger partial charge in [0.2, 0.25) is 5.91 Å². The Morgan fingerprint density at radius 2 is 1.93 bits per heavy atom. The molecule has 4 amide bonds. The van der Waals surface area contributed by atoms with E-state index in [0.29, 0.717) is 12.0 Å². The van der Waals surface area contributed by atoms with Crippen molar-refractivity contribution in [3.63, 3.8) is 0 Å². The number of amides is 4. The number of benzene rings is 2. The number of ether oxygens (including phenoxy) is 1. The smallest absolute Gasteiger partial charge is 0.387 e. The summed E-state index contributed by atoms with van der Waals surface area (Å²) < 4.78 is 28.8. The van der Waals surface area contributed by atoms with Crippen molar-refractivity contribution in [2.75, 3.05) is 11.9 Å². The van der Waals surface area contributed by atoms with Crippen LogP contribution in [0.5, 0.6) is 5.75 Å². The van der Waals surface area contributed by atoms with Gasteiger partial charge in [-0.3, -0.25) is 14.5 Å². The Balaban J connectivity index is 1.72. The molecule has 0 aromatic heterocycles. The van der Waals surface area contributed by atoms with Crippen molar-refractivity contribution in [3.05, 3.63) is 59.1 Å². The van der Waals surface area contributed by atoms with E-state index in [4.69, 9.17) is 11.6 Å². The van der Waals surface area contributed by atoms with E-state index in [0.717, 1.165) is 4.90 Å². The first-order valence-corrected chi connectivity index (χ1v) is 9.38. The average molecular weight is 438 g/mol. The van der Waals surface area contributed by atoms with Gasteiger partial charge in [0.05, 0.1) is 5.02 Å². The topological polar surface area (TPSA) is 87.7 Å². The highest BCUT2D eigenvalue weighted by Gasteiger charge is 2.51. The fourth-order valence-corrected chi connectivity index (χ4v) is 3.47. The van der Waals surface area contributed by atoms with E-state index < -0.39 is 36.5 Å². The van der Waals surface area contributed by atoms with E-state index in [1.165, 1.54) is 18.2 Å². The molecular weight excluding hydrogens is 420 g/mol. The van der Waals surface area contributed by atoms with Crippen molar-refractivity contribution in [3.8, 4) is 5.75 Å². The lowest BCUT2D eigenvalue weighted by Gasteiger charge is -2.25. The Kier molecular flexibility index (Phi) is 6.21. The predicted molar refractivity (Wildman–Crippen MR) is 105 cm³/mol. The molecule has 0 aliphatic carbocycles. The summed E-state index contributed by atoms with van der Waals surface area (Å²) in [5.74, 6) is -1.43. The molecule has 1 unspecified atom stereocenters. The van der Waals surface area contributed by atoms with Crippen LogP contribution in [-0.4, -0.2) is 35.9 Å². The van der Waals surface area contributed by atoms with Gasteiger partial charge in [-0.1, -0.05) is 48.9 Å². The monoisotopic (exact) mass is 437 g/mol. The van der Waals surface area contributed by atoms with Crippen LogP contribution >= 0.6 is 11.6 Å². The van der Waals surface area contributed by atoms with Crippen LogP contribution in [0, 0.1) is 0 Å². The summed E-state index contributed by atoms with van der Waals surface area (Å²) in [5.41, 5.74) is -0.422. The lowest BCUT2D eigenvalue weighted by Crippen LogP contribution is -2.44. The van der Waals surface area contributed by atoms with Gasteiger partial charge in [0.1, 0.15) is 17.8 Å². The molecule has 1 aliphatic rings. The first kappa shape index (κ1) is 21.5. The number of nitrogens with one attached hydrogen (secondary N) is 2. The predicted octanol–water partition coefficient (Wildman–Crippen LogP) is 3.74. The average Bonchev–Trinajstić information content (AvgIpc) is 2.95. The van der Waals surface area contributed by atoms with E-state index in [9.17, 15) is 23.2 Å². The molecule has 30 heavy (non-hydrogen) atoms. The maximum Gasteiger partial charge on any atom is 0.387 e. The molecule has 1 heterocycles. The van der Waals surface area contributed by atoms with Gasteiger partial charge in [0.25, 0.3) is 5.91 Å². The number of anilines is 1. The maximum absolute atomic E-state index is 13.0. The summed E-state index contributed by atoms with van der Waals surface area (Å²) in [6, 6.07) is 11.8. The normalized spacial score (nSPS) is 18.5. The van der Waals surface area contributed by atoms with Crippen molar-refractivity contribution < 1.29 is 27.9 Å². The molecule has 3 rings (SSSR count). The van der Waals surface area contributed by atoms with Crippen molar-refractivity contribution in [1.82, 2.24) is 10.2 Å². The van der Waals surface area contributed by atoms with Crippen molar-refractivity contribution in [1.29, 1.82) is 0 Å². The summed E-state index contributed by atoms with van der Waals surface area (Å²) in [5, 5.41) is 5.03. The van der Waals surface area contributed by atoms with Crippen LogP contribution < -0.4 is 15.4 Å². The second-order valence-corrected chi connectivity index (χ2v) is 6.93. The van der Waals surface area contributed by atoms with E-state index in [-0.39, 0.29) is 16.5 Å². The molecule has 0 saturated carbocycles. The van der Waals surface area contributed by atoms with Gasteiger partial charge in [-0.15, -0.1) is 0 Å². The molecule has 158 valence electrons. The van der Waals surface area contributed by atoms with Crippen LogP contribution in [-0.2, 0) is 15.1 Å². The van der Waals surface area contributed by atoms with Crippen LogP contribution in [0.4, 0.5) is 19.3 Å². The number of imide groups is 1. The van der Waals surface area contributed by atoms with Gasteiger partial charge in [-0.2, -0.15) is 8.78 Å². The zero-order valence-corrected chi connectivity index (χ0v) is 16.6. The highest BCUT2D eigenvalue weighted by Crippen LogP contribution is 2.32. The van der Waals surface area contributed by atoms with Crippen LogP contribution in [0.1, 0.15) is 18.9 Å². The SMILES string of the molecule is CCC1(c2ccccc2)NC(=O)N(CC(=O)Nc2ccc(OC(F)F)c(Cl)c2)C1=O. The van der Waals surface area contributed by atoms with Crippen LogP contribution in [0.25, 0.3) is 0 Å². The lowest BCUT2D eigenvalue weighted by atomic mass is 9.87. The van der Waals surface area contributed by atoms with Gasteiger partial charge in [0, 0.05) is 5.69 Å². The quantitative estimate of drug-likeness (QED) is 0.646. The molecule has 1 saturated heterocycles. The Labute approximate surface area is 175 Å². The second-order valence-electron chi connectivity index (χ2n) is 6.52. The fourth-order valence-electron chi connectivity index (χ4n) is 3.25. The van der Waals surface area contributed by atoms with E-state index >= 15 is 0 Å². The third-order valence-corrected chi connectivity index (χ3v) is 5.00. The number of carbonyl (C=O) groups excluding carboxylic acids is 3. The number of hydrogen-bond donors (Lipinski definition) is 2. The summed E-state index contributed by atoms with van der Waals surface area (Å²) in [7, 11) is 0. The summed E-state index contributed by atoms with van der Waals surface area (Å²) in [6.45, 7) is -1.79. The summed E-state index contributed by atoms with van der Waals surface area (Å²) >= 11 is 5.86. The third kappa shape index (κ3) is 4.20. The summed E-state index contributed by atoms with van der Waals surface area (Å²) in [4.78, 5) is 38.7. The minimum atomic E-state index is -3.04. The molecule has 2 N–H and O–H groups in total. The molecule has 0 radical (unpaired) electrons. The number of hydrogen-bond acceptors (Lipinski definition) is 4. The molecule has 1 atom stereocenters. The number of rotatable bonds is 7. The van der Waals surface area contributed by atoms with Gasteiger partial charge in [-0.25, -0.2) is 4.79 Å². The molecule has 7 nitrogen and oxygen atoms in total. The first-order valence-electron chi connectivity index (χ1n) is 9.00. The van der Waals surface area contributed by atoms with Crippen molar-refractivity contribution >= 4 is 35.1 Å². The van der Waals surface area contributed by atoms with E-state index in [2.05, 4.69) is 15.4 Å². The van der Waals surface area contributed by atoms with E-state index in [1.54, 1.807) is 37.3 Å². The van der Waals surface area contributed by atoms with Crippen molar-refractivity contribution in [2.45, 2.75) is 25.5 Å². The van der Waals surface area contributed by atoms with Crippen LogP contribution in [0.3, 0.4) is 0 Å². The Bertz CT molecular complexity index is 974. The number of halogens is 3. The summed E-state index contributed by atoms with van der Waals surface area (Å²) in [6.07, 6.45) is 0.306. The molecule has 0 bridgehead atoms. The molecular formula is C20H18ClF2N3O4. The van der Waals surface area contributed by atoms with Gasteiger partial charge in [0.15, 0.2) is 0 Å². The molecule has 0 spiro atoms. The molecule has 1 aliphatic heterocycles. The minimum absolute atomic E-state index is 0.128. The van der Waals surface area contributed by atoms with Gasteiger partial charge >= 0.3 is 12.6 Å². The molecule has 10 heteroatoms. The molecule has 1 fully saturated rings. The van der Waals surface area contributed by atoms with Crippen LogP contribution in [0.2, 0.25) is 5.02 Å². The van der Waals surface area contributed by atoms with Crippen molar-refractivity contribution in [2.24, 2.45) is 0 Å². The highest BCUT2D eigenvalue weighted by molar-refractivity contribution is 6.32. The second kappa shape index (κ2) is 8.66. The number of urea groups is 1. The fraction of sp³-hybridized carbons (Fsp3) is 0.250. The number of nitrogens with zero attached hydrogens (tertiary/aromatic N) is 1. The largest absolute Gasteiger partial charge is 0.433 e. The highest BCUT2D eigenvalue weighted by atomic mass is 35.5.